The van der Waals surface area contributed by atoms with Gasteiger partial charge in [0.1, 0.15) is 5.75 Å². The first kappa shape index (κ1) is 24.8. The first-order valence-corrected chi connectivity index (χ1v) is 11.8. The van der Waals surface area contributed by atoms with Crippen molar-refractivity contribution in [3.05, 3.63) is 88.5 Å². The summed E-state index contributed by atoms with van der Waals surface area (Å²) in [5.41, 5.74) is 7.19. The van der Waals surface area contributed by atoms with Crippen molar-refractivity contribution in [1.82, 2.24) is 0 Å². The molecule has 3 aromatic carbocycles. The average Bonchev–Trinajstić information content (AvgIpc) is 2.76. The predicted molar refractivity (Wildman–Crippen MR) is 140 cm³/mol. The highest BCUT2D eigenvalue weighted by molar-refractivity contribution is 6.13. The summed E-state index contributed by atoms with van der Waals surface area (Å²) in [4.78, 5) is 13.8. The van der Waals surface area contributed by atoms with Gasteiger partial charge in [-0.15, -0.1) is 0 Å². The molecule has 0 aliphatic heterocycles. The fourth-order valence-electron chi connectivity index (χ4n) is 3.92. The highest BCUT2D eigenvalue weighted by Crippen LogP contribution is 2.36. The third-order valence-corrected chi connectivity index (χ3v) is 6.28. The van der Waals surface area contributed by atoms with E-state index in [-0.39, 0.29) is 16.6 Å². The van der Waals surface area contributed by atoms with Gasteiger partial charge in [0.2, 0.25) is 0 Å². The van der Waals surface area contributed by atoms with E-state index >= 15 is 0 Å². The molecule has 0 bridgehead atoms. The van der Waals surface area contributed by atoms with E-state index in [0.29, 0.717) is 11.5 Å². The zero-order chi connectivity index (χ0) is 24.6. The van der Waals surface area contributed by atoms with Gasteiger partial charge in [-0.3, -0.25) is 4.79 Å². The number of carbonyl (C=O) groups is 1. The van der Waals surface area contributed by atoms with E-state index in [1.165, 1.54) is 11.1 Å². The van der Waals surface area contributed by atoms with Gasteiger partial charge in [0, 0.05) is 11.1 Å². The van der Waals surface area contributed by atoms with Crippen LogP contribution in [0, 0.1) is 0 Å². The Morgan fingerprint density at radius 3 is 1.88 bits per heavy atom. The molecule has 0 saturated carbocycles. The number of benzene rings is 3. The van der Waals surface area contributed by atoms with Gasteiger partial charge in [0.05, 0.1) is 7.11 Å². The van der Waals surface area contributed by atoms with Crippen molar-refractivity contribution in [3.8, 4) is 16.9 Å². The Bertz CT molecular complexity index is 1140. The minimum absolute atomic E-state index is 0.0190. The first-order valence-electron chi connectivity index (χ1n) is 11.8. The molecule has 0 aliphatic rings. The molecule has 0 aliphatic carbocycles. The van der Waals surface area contributed by atoms with Crippen molar-refractivity contribution < 1.29 is 9.53 Å². The van der Waals surface area contributed by atoms with Crippen LogP contribution in [0.4, 0.5) is 0 Å². The second-order valence-electron chi connectivity index (χ2n) is 11.3. The quantitative estimate of drug-likeness (QED) is 0.371. The van der Waals surface area contributed by atoms with Gasteiger partial charge in [-0.05, 0) is 74.9 Å². The smallest absolute Gasteiger partial charge is 0.193 e. The maximum Gasteiger partial charge on any atom is 0.193 e. The van der Waals surface area contributed by atoms with E-state index in [4.69, 9.17) is 4.74 Å². The molecule has 2 nitrogen and oxygen atoms in total. The van der Waals surface area contributed by atoms with E-state index in [1.807, 2.05) is 24.3 Å². The number of ether oxygens (including phenoxy) is 1. The number of rotatable bonds is 5. The van der Waals surface area contributed by atoms with Crippen molar-refractivity contribution in [2.75, 3.05) is 7.11 Å². The monoisotopic (exact) mass is 442 g/mol. The third-order valence-electron chi connectivity index (χ3n) is 6.28. The highest BCUT2D eigenvalue weighted by Gasteiger charge is 2.23. The molecule has 0 unspecified atom stereocenters. The fraction of sp³-hybridized carbons (Fsp3) is 0.387. The number of methoxy groups -OCH3 is 1. The van der Waals surface area contributed by atoms with E-state index in [9.17, 15) is 4.79 Å². The van der Waals surface area contributed by atoms with Gasteiger partial charge in [-0.1, -0.05) is 85.7 Å². The van der Waals surface area contributed by atoms with Gasteiger partial charge in [0.15, 0.2) is 5.78 Å². The summed E-state index contributed by atoms with van der Waals surface area (Å²) in [5, 5.41) is 0. The third kappa shape index (κ3) is 5.55. The van der Waals surface area contributed by atoms with Crippen molar-refractivity contribution in [2.45, 2.75) is 72.1 Å². The lowest BCUT2D eigenvalue weighted by molar-refractivity contribution is 0.103. The first-order chi connectivity index (χ1) is 15.3. The number of hydrogen-bond acceptors (Lipinski definition) is 2. The van der Waals surface area contributed by atoms with E-state index in [0.717, 1.165) is 28.0 Å². The van der Waals surface area contributed by atoms with Crippen LogP contribution in [-0.2, 0) is 10.8 Å². The van der Waals surface area contributed by atoms with Gasteiger partial charge in [0.25, 0.3) is 0 Å². The Morgan fingerprint density at radius 2 is 1.36 bits per heavy atom. The molecule has 0 aromatic heterocycles. The van der Waals surface area contributed by atoms with Gasteiger partial charge in [-0.2, -0.15) is 0 Å². The fourth-order valence-corrected chi connectivity index (χ4v) is 3.92. The molecule has 0 saturated heterocycles. The van der Waals surface area contributed by atoms with Crippen LogP contribution in [0.25, 0.3) is 11.1 Å². The zero-order valence-electron chi connectivity index (χ0n) is 21.7. The number of ketones is 1. The molecule has 0 heterocycles. The Morgan fingerprint density at radius 1 is 0.758 bits per heavy atom. The van der Waals surface area contributed by atoms with Gasteiger partial charge >= 0.3 is 0 Å². The second kappa shape index (κ2) is 9.17. The summed E-state index contributed by atoms with van der Waals surface area (Å²) in [6.45, 7) is 17.7. The molecule has 0 amide bonds. The normalized spacial score (nSPS) is 12.2. The minimum Gasteiger partial charge on any atom is -0.497 e. The molecule has 0 atom stereocenters. The lowest BCUT2D eigenvalue weighted by Crippen LogP contribution is -2.14. The summed E-state index contributed by atoms with van der Waals surface area (Å²) in [6, 6.07) is 20.6. The standard InChI is InChI=1S/C31H38O2/c1-20(2)22-16-23(18-25(17-22)31(6,7)8)27-15-12-24(30(3,4)5)19-28(27)29(32)21-10-13-26(33-9)14-11-21/h10-20H,1-9H3. The van der Waals surface area contributed by atoms with Crippen LogP contribution in [0.5, 0.6) is 5.75 Å². The molecule has 0 fully saturated rings. The summed E-state index contributed by atoms with van der Waals surface area (Å²) in [6.07, 6.45) is 0. The predicted octanol–water partition coefficient (Wildman–Crippen LogP) is 8.31. The lowest BCUT2D eigenvalue weighted by atomic mass is 9.80. The molecule has 33 heavy (non-hydrogen) atoms. The van der Waals surface area contributed by atoms with Crippen molar-refractivity contribution in [3.63, 3.8) is 0 Å². The van der Waals surface area contributed by atoms with Gasteiger partial charge in [-0.25, -0.2) is 0 Å². The van der Waals surface area contributed by atoms with Gasteiger partial charge < -0.3 is 4.74 Å². The van der Waals surface area contributed by atoms with Crippen LogP contribution >= 0.6 is 0 Å². The van der Waals surface area contributed by atoms with Crippen LogP contribution < -0.4 is 4.74 Å². The SMILES string of the molecule is COc1ccc(C(=O)c2cc(C(C)(C)C)ccc2-c2cc(C(C)C)cc(C(C)(C)C)c2)cc1. The van der Waals surface area contributed by atoms with Crippen molar-refractivity contribution >= 4 is 5.78 Å². The van der Waals surface area contributed by atoms with Crippen LogP contribution in [0.3, 0.4) is 0 Å². The maximum absolute atomic E-state index is 13.8. The topological polar surface area (TPSA) is 26.3 Å². The second-order valence-corrected chi connectivity index (χ2v) is 11.3. The average molecular weight is 443 g/mol. The van der Waals surface area contributed by atoms with Crippen molar-refractivity contribution in [2.24, 2.45) is 0 Å². The number of hydrogen-bond donors (Lipinski definition) is 0. The summed E-state index contributed by atoms with van der Waals surface area (Å²) in [7, 11) is 1.64. The van der Waals surface area contributed by atoms with Crippen LogP contribution in [0.2, 0.25) is 0 Å². The number of carbonyl (C=O) groups excluding carboxylic acids is 1. The Kier molecular flexibility index (Phi) is 6.88. The molecule has 0 radical (unpaired) electrons. The molecular formula is C31H38O2. The molecule has 174 valence electrons. The van der Waals surface area contributed by atoms with E-state index in [1.54, 1.807) is 7.11 Å². The Labute approximate surface area is 200 Å². The summed E-state index contributed by atoms with van der Waals surface area (Å²) < 4.78 is 5.28. The van der Waals surface area contributed by atoms with Crippen LogP contribution in [0.15, 0.2) is 60.7 Å². The van der Waals surface area contributed by atoms with E-state index < -0.39 is 0 Å². The molecule has 0 N–H and O–H groups in total. The lowest BCUT2D eigenvalue weighted by Gasteiger charge is -2.24. The highest BCUT2D eigenvalue weighted by atomic mass is 16.5. The Hall–Kier alpha value is -2.87. The summed E-state index contributed by atoms with van der Waals surface area (Å²) >= 11 is 0. The zero-order valence-corrected chi connectivity index (χ0v) is 21.7. The molecule has 3 aromatic rings. The summed E-state index contributed by atoms with van der Waals surface area (Å²) in [5.74, 6) is 1.18. The van der Waals surface area contributed by atoms with Crippen molar-refractivity contribution in [1.29, 1.82) is 0 Å². The molecule has 3 rings (SSSR count). The van der Waals surface area contributed by atoms with Crippen LogP contribution in [0.1, 0.15) is 93.9 Å². The molecule has 2 heteroatoms. The largest absolute Gasteiger partial charge is 0.497 e. The van der Waals surface area contributed by atoms with Crippen LogP contribution in [-0.4, -0.2) is 12.9 Å². The Balaban J connectivity index is 2.26. The minimum atomic E-state index is -0.0518. The molecule has 0 spiro atoms. The maximum atomic E-state index is 13.8. The van der Waals surface area contributed by atoms with E-state index in [2.05, 4.69) is 91.8 Å². The molecular weight excluding hydrogens is 404 g/mol.